The third kappa shape index (κ3) is 4.27. The van der Waals surface area contributed by atoms with Crippen molar-refractivity contribution in [3.8, 4) is 0 Å². The highest BCUT2D eigenvalue weighted by atomic mass is 35.5. The number of carbonyl (C=O) groups excluding carboxylic acids is 1. The molecular weight excluding hydrogens is 374 g/mol. The normalized spacial score (nSPS) is 16.4. The van der Waals surface area contributed by atoms with Crippen LogP contribution in [0.1, 0.15) is 30.1 Å². The van der Waals surface area contributed by atoms with Gasteiger partial charge < -0.3 is 20.1 Å². The van der Waals surface area contributed by atoms with E-state index in [0.29, 0.717) is 25.9 Å². The molecule has 2 N–H and O–H groups in total. The van der Waals surface area contributed by atoms with Gasteiger partial charge in [0.05, 0.1) is 28.4 Å². The van der Waals surface area contributed by atoms with Crippen molar-refractivity contribution in [3.05, 3.63) is 27.5 Å². The van der Waals surface area contributed by atoms with Crippen LogP contribution >= 0.6 is 23.2 Å². The maximum Gasteiger partial charge on any atom is 0.407 e. The predicted molar refractivity (Wildman–Crippen MR) is 93.2 cm³/mol. The topological polar surface area (TPSA) is 78.9 Å². The zero-order valence-corrected chi connectivity index (χ0v) is 15.3. The lowest BCUT2D eigenvalue weighted by molar-refractivity contribution is 0.0595. The third-order valence-corrected chi connectivity index (χ3v) is 5.24. The molecule has 2 rings (SSSR count). The molecule has 9 heteroatoms. The number of carboxylic acid groups (broad SMARTS) is 1. The number of anilines is 1. The van der Waals surface area contributed by atoms with Gasteiger partial charge in [-0.2, -0.15) is 0 Å². The van der Waals surface area contributed by atoms with Crippen molar-refractivity contribution in [2.24, 2.45) is 5.92 Å². The van der Waals surface area contributed by atoms with Crippen molar-refractivity contribution < 1.29 is 23.8 Å². The van der Waals surface area contributed by atoms with Gasteiger partial charge in [-0.25, -0.2) is 14.0 Å². The number of hydrogen-bond donors (Lipinski definition) is 2. The number of ether oxygens (including phenoxy) is 1. The van der Waals surface area contributed by atoms with Crippen LogP contribution in [0, 0.1) is 11.7 Å². The Morgan fingerprint density at radius 2 is 2.00 bits per heavy atom. The molecule has 25 heavy (non-hydrogen) atoms. The van der Waals surface area contributed by atoms with Crippen molar-refractivity contribution in [1.29, 1.82) is 0 Å². The molecule has 0 bridgehead atoms. The monoisotopic (exact) mass is 392 g/mol. The second-order valence-electron chi connectivity index (χ2n) is 5.94. The van der Waals surface area contributed by atoms with E-state index in [4.69, 9.17) is 28.3 Å². The fraction of sp³-hybridized carbons (Fsp3) is 0.500. The van der Waals surface area contributed by atoms with Crippen LogP contribution in [0.3, 0.4) is 0 Å². The number of amides is 1. The summed E-state index contributed by atoms with van der Waals surface area (Å²) in [6, 6.07) is 0.943. The number of halogens is 3. The third-order valence-electron chi connectivity index (χ3n) is 4.45. The van der Waals surface area contributed by atoms with Crippen LogP contribution in [-0.4, -0.2) is 48.3 Å². The van der Waals surface area contributed by atoms with Gasteiger partial charge in [0.1, 0.15) is 0 Å². The van der Waals surface area contributed by atoms with Crippen LogP contribution in [-0.2, 0) is 4.74 Å². The van der Waals surface area contributed by atoms with Gasteiger partial charge in [-0.3, -0.25) is 0 Å². The second-order valence-corrected chi connectivity index (χ2v) is 6.73. The number of benzene rings is 1. The Hall–Kier alpha value is -1.73. The van der Waals surface area contributed by atoms with Crippen LogP contribution in [0.4, 0.5) is 14.9 Å². The molecule has 1 heterocycles. The van der Waals surface area contributed by atoms with Gasteiger partial charge in [0.2, 0.25) is 0 Å². The summed E-state index contributed by atoms with van der Waals surface area (Å²) < 4.78 is 19.2. The summed E-state index contributed by atoms with van der Waals surface area (Å²) in [5, 5.41) is 12.0. The molecule has 1 atom stereocenters. The second kappa shape index (κ2) is 8.10. The van der Waals surface area contributed by atoms with Crippen LogP contribution in [0.25, 0.3) is 0 Å². The van der Waals surface area contributed by atoms with Crippen LogP contribution in [0.2, 0.25) is 10.0 Å². The van der Waals surface area contributed by atoms with Crippen LogP contribution in [0.15, 0.2) is 6.07 Å². The van der Waals surface area contributed by atoms with Crippen LogP contribution in [0.5, 0.6) is 0 Å². The van der Waals surface area contributed by atoms with E-state index < -0.39 is 17.9 Å². The number of likely N-dealkylation sites (tertiary alicyclic amines) is 1. The summed E-state index contributed by atoms with van der Waals surface area (Å²) in [6.45, 7) is 2.70. The lowest BCUT2D eigenvalue weighted by atomic mass is 9.90. The van der Waals surface area contributed by atoms with E-state index in [-0.39, 0.29) is 33.3 Å². The lowest BCUT2D eigenvalue weighted by Crippen LogP contribution is -2.41. The summed E-state index contributed by atoms with van der Waals surface area (Å²) in [7, 11) is 1.15. The van der Waals surface area contributed by atoms with E-state index in [2.05, 4.69) is 10.1 Å². The Labute approximate surface area is 154 Å². The molecule has 1 aromatic rings. The molecule has 0 aromatic heterocycles. The first-order valence-electron chi connectivity index (χ1n) is 7.76. The Morgan fingerprint density at radius 1 is 1.40 bits per heavy atom. The van der Waals surface area contributed by atoms with Crippen molar-refractivity contribution in [2.45, 2.75) is 25.8 Å². The summed E-state index contributed by atoms with van der Waals surface area (Å²) in [5.41, 5.74) is -0.352. The fourth-order valence-corrected chi connectivity index (χ4v) is 3.32. The van der Waals surface area contributed by atoms with E-state index in [9.17, 15) is 14.0 Å². The highest BCUT2D eigenvalue weighted by Gasteiger charge is 2.28. The van der Waals surface area contributed by atoms with Gasteiger partial charge >= 0.3 is 12.1 Å². The smallest absolute Gasteiger partial charge is 0.407 e. The van der Waals surface area contributed by atoms with E-state index >= 15 is 0 Å². The fourth-order valence-electron chi connectivity index (χ4n) is 2.93. The SMILES string of the molecule is COC(=O)c1cc(Cl)c(Cl)c(N[C@@H](C)C2CCN(C(=O)O)CC2)c1F. The molecule has 138 valence electrons. The number of rotatable bonds is 4. The molecule has 0 saturated carbocycles. The maximum absolute atomic E-state index is 14.7. The molecule has 1 aliphatic rings. The van der Waals surface area contributed by atoms with Gasteiger partial charge in [-0.05, 0) is 31.7 Å². The molecule has 1 saturated heterocycles. The lowest BCUT2D eigenvalue weighted by Gasteiger charge is -2.34. The number of esters is 1. The first-order chi connectivity index (χ1) is 11.8. The van der Waals surface area contributed by atoms with Gasteiger partial charge in [0, 0.05) is 19.1 Å². The van der Waals surface area contributed by atoms with Gasteiger partial charge in [-0.15, -0.1) is 0 Å². The largest absolute Gasteiger partial charge is 0.465 e. The summed E-state index contributed by atoms with van der Waals surface area (Å²) in [6.07, 6.45) is 0.347. The van der Waals surface area contributed by atoms with E-state index in [1.807, 2.05) is 6.92 Å². The number of hydrogen-bond acceptors (Lipinski definition) is 4. The Balaban J connectivity index is 2.18. The molecular formula is C16H19Cl2FN2O4. The van der Waals surface area contributed by atoms with Crippen molar-refractivity contribution in [2.75, 3.05) is 25.5 Å². The van der Waals surface area contributed by atoms with Crippen molar-refractivity contribution in [1.82, 2.24) is 4.90 Å². The van der Waals surface area contributed by atoms with E-state index in [1.165, 1.54) is 4.90 Å². The highest BCUT2D eigenvalue weighted by molar-refractivity contribution is 6.44. The first kappa shape index (κ1) is 19.6. The highest BCUT2D eigenvalue weighted by Crippen LogP contribution is 2.36. The van der Waals surface area contributed by atoms with Crippen LogP contribution < -0.4 is 5.32 Å². The minimum Gasteiger partial charge on any atom is -0.465 e. The molecule has 0 aliphatic carbocycles. The molecule has 0 unspecified atom stereocenters. The average molecular weight is 393 g/mol. The zero-order chi connectivity index (χ0) is 18.7. The predicted octanol–water partition coefficient (Wildman–Crippen LogP) is 4.11. The van der Waals surface area contributed by atoms with Gasteiger partial charge in [0.25, 0.3) is 0 Å². The molecule has 1 fully saturated rings. The molecule has 1 aromatic carbocycles. The number of nitrogens with zero attached hydrogens (tertiary/aromatic N) is 1. The molecule has 0 radical (unpaired) electrons. The molecule has 0 spiro atoms. The quantitative estimate of drug-likeness (QED) is 0.595. The van der Waals surface area contributed by atoms with E-state index in [1.54, 1.807) is 0 Å². The van der Waals surface area contributed by atoms with Gasteiger partial charge in [0.15, 0.2) is 5.82 Å². The minimum atomic E-state index is -0.939. The summed E-state index contributed by atoms with van der Waals surface area (Å²) in [5.74, 6) is -1.54. The number of nitrogens with one attached hydrogen (secondary N) is 1. The van der Waals surface area contributed by atoms with Gasteiger partial charge in [-0.1, -0.05) is 23.2 Å². The maximum atomic E-state index is 14.7. The van der Waals surface area contributed by atoms with Crippen molar-refractivity contribution in [3.63, 3.8) is 0 Å². The number of methoxy groups -OCH3 is 1. The molecule has 6 nitrogen and oxygen atoms in total. The molecule has 1 amide bonds. The number of carbonyl (C=O) groups is 2. The minimum absolute atomic E-state index is 0.0124. The zero-order valence-electron chi connectivity index (χ0n) is 13.8. The number of piperidine rings is 1. The Bertz CT molecular complexity index is 679. The first-order valence-corrected chi connectivity index (χ1v) is 8.52. The van der Waals surface area contributed by atoms with Crippen molar-refractivity contribution >= 4 is 41.0 Å². The Kier molecular flexibility index (Phi) is 6.35. The molecule has 1 aliphatic heterocycles. The van der Waals surface area contributed by atoms with E-state index in [0.717, 1.165) is 13.2 Å². The summed E-state index contributed by atoms with van der Waals surface area (Å²) in [4.78, 5) is 24.0. The Morgan fingerprint density at radius 3 is 2.52 bits per heavy atom. The average Bonchev–Trinajstić information content (AvgIpc) is 2.60. The standard InChI is InChI=1S/C16H19Cl2FN2O4/c1-8(9-3-5-21(6-4-9)16(23)24)20-14-12(18)11(17)7-10(13(14)19)15(22)25-2/h7-9,20H,3-6H2,1-2H3,(H,23,24)/t8-/m0/s1. The summed E-state index contributed by atoms with van der Waals surface area (Å²) >= 11 is 12.1.